The van der Waals surface area contributed by atoms with Crippen LogP contribution in [0, 0.1) is 6.92 Å². The van der Waals surface area contributed by atoms with Crippen LogP contribution in [0.15, 0.2) is 11.4 Å². The maximum absolute atomic E-state index is 6.18. The van der Waals surface area contributed by atoms with Crippen LogP contribution < -0.4 is 5.73 Å². The van der Waals surface area contributed by atoms with Crippen LogP contribution in [0.1, 0.15) is 36.3 Å². The van der Waals surface area contributed by atoms with Gasteiger partial charge in [0.15, 0.2) is 0 Å². The zero-order valence-corrected chi connectivity index (χ0v) is 13.6. The second-order valence-electron chi connectivity index (χ2n) is 4.79. The summed E-state index contributed by atoms with van der Waals surface area (Å²) in [7, 11) is 1.70. The van der Waals surface area contributed by atoms with E-state index in [0.717, 1.165) is 19.4 Å². The predicted molar refractivity (Wildman–Crippen MR) is 83.3 cm³/mol. The molecule has 0 saturated heterocycles. The van der Waals surface area contributed by atoms with Crippen molar-refractivity contribution >= 4 is 11.3 Å². The molecular formula is C15H27NO3S. The lowest BCUT2D eigenvalue weighted by Crippen LogP contribution is -2.30. The van der Waals surface area contributed by atoms with Gasteiger partial charge >= 0.3 is 0 Å². The van der Waals surface area contributed by atoms with Crippen LogP contribution in [0.25, 0.3) is 0 Å². The molecule has 0 bridgehead atoms. The first-order valence-electron chi connectivity index (χ1n) is 7.18. The molecule has 4 nitrogen and oxygen atoms in total. The predicted octanol–water partition coefficient (Wildman–Crippen LogP) is 2.90. The van der Waals surface area contributed by atoms with Gasteiger partial charge in [-0.15, -0.1) is 11.3 Å². The molecular weight excluding hydrogens is 274 g/mol. The minimum Gasteiger partial charge on any atom is -0.385 e. The number of aryl methyl sites for hydroxylation is 1. The van der Waals surface area contributed by atoms with E-state index in [0.29, 0.717) is 19.8 Å². The topological polar surface area (TPSA) is 53.7 Å². The van der Waals surface area contributed by atoms with E-state index in [1.807, 2.05) is 0 Å². The van der Waals surface area contributed by atoms with Crippen LogP contribution >= 0.6 is 11.3 Å². The Morgan fingerprint density at radius 3 is 2.65 bits per heavy atom. The minimum absolute atomic E-state index is 0.0254. The summed E-state index contributed by atoms with van der Waals surface area (Å²) in [6, 6.07) is 2.14. The maximum Gasteiger partial charge on any atom is 0.107 e. The van der Waals surface area contributed by atoms with Gasteiger partial charge in [-0.1, -0.05) is 6.92 Å². The summed E-state index contributed by atoms with van der Waals surface area (Å²) in [6.45, 7) is 6.80. The van der Waals surface area contributed by atoms with Gasteiger partial charge in [0.25, 0.3) is 0 Å². The second kappa shape index (κ2) is 10.3. The Balaban J connectivity index is 2.34. The highest BCUT2D eigenvalue weighted by Gasteiger charge is 2.22. The summed E-state index contributed by atoms with van der Waals surface area (Å²) in [5, 5.41) is 2.09. The highest BCUT2D eigenvalue weighted by molar-refractivity contribution is 7.10. The van der Waals surface area contributed by atoms with Gasteiger partial charge < -0.3 is 19.9 Å². The largest absolute Gasteiger partial charge is 0.385 e. The molecule has 0 aliphatic heterocycles. The normalized spacial score (nSPS) is 14.4. The van der Waals surface area contributed by atoms with Crippen molar-refractivity contribution in [3.63, 3.8) is 0 Å². The summed E-state index contributed by atoms with van der Waals surface area (Å²) < 4.78 is 16.4. The summed E-state index contributed by atoms with van der Waals surface area (Å²) >= 11 is 1.71. The summed E-state index contributed by atoms with van der Waals surface area (Å²) in [5.74, 6) is 0. The lowest BCUT2D eigenvalue weighted by molar-refractivity contribution is -0.00914. The number of thiophene rings is 1. The molecule has 116 valence electrons. The standard InChI is InChI=1S/C15H27NO3S/c1-4-13(16)14(15-12(2)6-11-20-15)19-10-9-18-8-5-7-17-3/h6,11,13-14H,4-5,7-10,16H2,1-3H3. The Kier molecular flexibility index (Phi) is 9.05. The average molecular weight is 301 g/mol. The average Bonchev–Trinajstić information content (AvgIpc) is 2.87. The minimum atomic E-state index is -0.0254. The first kappa shape index (κ1) is 17.6. The number of ether oxygens (including phenoxy) is 3. The zero-order chi connectivity index (χ0) is 14.8. The third-order valence-corrected chi connectivity index (χ3v) is 4.26. The first-order chi connectivity index (χ1) is 9.70. The SMILES string of the molecule is CCC(N)C(OCCOCCCOC)c1sccc1C. The van der Waals surface area contributed by atoms with Crippen molar-refractivity contribution in [1.29, 1.82) is 0 Å². The summed E-state index contributed by atoms with van der Waals surface area (Å²) in [4.78, 5) is 1.23. The number of hydrogen-bond donors (Lipinski definition) is 1. The van der Waals surface area contributed by atoms with Gasteiger partial charge in [0, 0.05) is 31.2 Å². The highest BCUT2D eigenvalue weighted by atomic mass is 32.1. The fourth-order valence-corrected chi connectivity index (χ4v) is 2.97. The van der Waals surface area contributed by atoms with Crippen LogP contribution in [-0.4, -0.2) is 39.6 Å². The summed E-state index contributed by atoms with van der Waals surface area (Å²) in [6.07, 6.45) is 1.79. The van der Waals surface area contributed by atoms with Gasteiger partial charge in [-0.05, 0) is 36.8 Å². The van der Waals surface area contributed by atoms with Crippen molar-refractivity contribution in [3.05, 3.63) is 21.9 Å². The second-order valence-corrected chi connectivity index (χ2v) is 5.74. The van der Waals surface area contributed by atoms with Gasteiger partial charge in [-0.2, -0.15) is 0 Å². The highest BCUT2D eigenvalue weighted by Crippen LogP contribution is 2.29. The van der Waals surface area contributed by atoms with E-state index in [9.17, 15) is 0 Å². The number of rotatable bonds is 11. The molecule has 0 aliphatic carbocycles. The van der Waals surface area contributed by atoms with E-state index >= 15 is 0 Å². The van der Waals surface area contributed by atoms with Gasteiger partial charge in [0.1, 0.15) is 6.10 Å². The first-order valence-corrected chi connectivity index (χ1v) is 8.06. The number of hydrogen-bond acceptors (Lipinski definition) is 5. The fourth-order valence-electron chi connectivity index (χ4n) is 1.93. The lowest BCUT2D eigenvalue weighted by Gasteiger charge is -2.23. The van der Waals surface area contributed by atoms with Crippen molar-refractivity contribution in [2.45, 2.75) is 38.8 Å². The Morgan fingerprint density at radius 1 is 1.25 bits per heavy atom. The Labute approximate surface area is 126 Å². The van der Waals surface area contributed by atoms with E-state index in [1.54, 1.807) is 18.4 Å². The lowest BCUT2D eigenvalue weighted by atomic mass is 10.1. The molecule has 1 aromatic rings. The van der Waals surface area contributed by atoms with Crippen molar-refractivity contribution in [2.24, 2.45) is 5.73 Å². The Hall–Kier alpha value is -0.460. The quantitative estimate of drug-likeness (QED) is 0.639. The molecule has 0 spiro atoms. The molecule has 2 N–H and O–H groups in total. The van der Waals surface area contributed by atoms with E-state index in [4.69, 9.17) is 19.9 Å². The number of nitrogens with two attached hydrogens (primary N) is 1. The molecule has 1 aromatic heterocycles. The molecule has 0 amide bonds. The van der Waals surface area contributed by atoms with E-state index in [1.165, 1.54) is 10.4 Å². The third-order valence-electron chi connectivity index (χ3n) is 3.18. The molecule has 0 aliphatic rings. The van der Waals surface area contributed by atoms with Crippen molar-refractivity contribution in [3.8, 4) is 0 Å². The molecule has 1 heterocycles. The van der Waals surface area contributed by atoms with Gasteiger partial charge in [0.2, 0.25) is 0 Å². The summed E-state index contributed by atoms with van der Waals surface area (Å²) in [5.41, 5.74) is 7.44. The monoisotopic (exact) mass is 301 g/mol. The molecule has 2 unspecified atom stereocenters. The van der Waals surface area contributed by atoms with E-state index in [2.05, 4.69) is 25.3 Å². The van der Waals surface area contributed by atoms with Crippen molar-refractivity contribution in [2.75, 3.05) is 33.5 Å². The van der Waals surface area contributed by atoms with Crippen LogP contribution in [0.3, 0.4) is 0 Å². The zero-order valence-electron chi connectivity index (χ0n) is 12.8. The number of methoxy groups -OCH3 is 1. The maximum atomic E-state index is 6.18. The molecule has 2 atom stereocenters. The van der Waals surface area contributed by atoms with Gasteiger partial charge in [-0.3, -0.25) is 0 Å². The molecule has 5 heteroatoms. The van der Waals surface area contributed by atoms with Crippen LogP contribution in [0.4, 0.5) is 0 Å². The van der Waals surface area contributed by atoms with Crippen molar-refractivity contribution in [1.82, 2.24) is 0 Å². The Bertz CT molecular complexity index is 357. The third kappa shape index (κ3) is 5.89. The van der Waals surface area contributed by atoms with Crippen LogP contribution in [0.2, 0.25) is 0 Å². The smallest absolute Gasteiger partial charge is 0.107 e. The fraction of sp³-hybridized carbons (Fsp3) is 0.733. The van der Waals surface area contributed by atoms with E-state index in [-0.39, 0.29) is 12.1 Å². The van der Waals surface area contributed by atoms with E-state index < -0.39 is 0 Å². The van der Waals surface area contributed by atoms with Gasteiger partial charge in [0.05, 0.1) is 13.2 Å². The van der Waals surface area contributed by atoms with Crippen molar-refractivity contribution < 1.29 is 14.2 Å². The molecule has 0 aromatic carbocycles. The Morgan fingerprint density at radius 2 is 2.05 bits per heavy atom. The van der Waals surface area contributed by atoms with Crippen LogP contribution in [-0.2, 0) is 14.2 Å². The molecule has 0 radical (unpaired) electrons. The molecule has 0 saturated carbocycles. The molecule has 1 rings (SSSR count). The molecule has 20 heavy (non-hydrogen) atoms. The van der Waals surface area contributed by atoms with Gasteiger partial charge in [-0.25, -0.2) is 0 Å². The molecule has 0 fully saturated rings. The van der Waals surface area contributed by atoms with Crippen LogP contribution in [0.5, 0.6) is 0 Å².